The molecule has 0 radical (unpaired) electrons. The summed E-state index contributed by atoms with van der Waals surface area (Å²) in [6.07, 6.45) is 0. The quantitative estimate of drug-likeness (QED) is 0.487. The lowest BCUT2D eigenvalue weighted by molar-refractivity contribution is 1.04. The summed E-state index contributed by atoms with van der Waals surface area (Å²) in [6, 6.07) is 13.7. The highest BCUT2D eigenvalue weighted by atomic mass is 35.5. The number of rotatable bonds is 3. The van der Waals surface area contributed by atoms with Crippen molar-refractivity contribution in [3.05, 3.63) is 64.2 Å². The maximum atomic E-state index is 5.87. The van der Waals surface area contributed by atoms with Gasteiger partial charge in [-0.3, -0.25) is 5.43 Å². The Labute approximate surface area is 141 Å². The van der Waals surface area contributed by atoms with E-state index >= 15 is 0 Å². The summed E-state index contributed by atoms with van der Waals surface area (Å²) >= 11 is 11.1. The third-order valence-electron chi connectivity index (χ3n) is 3.22. The van der Waals surface area contributed by atoms with Crippen molar-refractivity contribution >= 4 is 40.3 Å². The van der Waals surface area contributed by atoms with Gasteiger partial charge in [-0.25, -0.2) is 0 Å². The van der Waals surface area contributed by atoms with Gasteiger partial charge in [0.15, 0.2) is 5.11 Å². The number of halogens is 1. The standard InChI is InChI=1S/C17H18ClN3S/c1-11-4-9-16(12(2)10-11)19-17(22)21-20-13(3)14-5-7-15(18)8-6-14/h4-10H,1-3H3,(H2,19,21,22)/b20-13+. The number of aryl methyl sites for hydroxylation is 2. The molecule has 22 heavy (non-hydrogen) atoms. The highest BCUT2D eigenvalue weighted by Gasteiger charge is 2.02. The Kier molecular flexibility index (Phi) is 5.52. The fraction of sp³-hybridized carbons (Fsp3) is 0.176. The molecule has 2 aromatic rings. The van der Waals surface area contributed by atoms with E-state index in [2.05, 4.69) is 28.8 Å². The first-order valence-corrected chi connectivity index (χ1v) is 7.69. The zero-order valence-corrected chi connectivity index (χ0v) is 14.3. The molecule has 3 nitrogen and oxygen atoms in total. The third-order valence-corrected chi connectivity index (χ3v) is 3.66. The van der Waals surface area contributed by atoms with Gasteiger partial charge in [0.2, 0.25) is 0 Å². The van der Waals surface area contributed by atoms with Crippen molar-refractivity contribution in [1.82, 2.24) is 5.43 Å². The van der Waals surface area contributed by atoms with Crippen molar-refractivity contribution in [2.45, 2.75) is 20.8 Å². The monoisotopic (exact) mass is 331 g/mol. The molecule has 0 bridgehead atoms. The zero-order chi connectivity index (χ0) is 16.1. The second-order valence-electron chi connectivity index (χ2n) is 5.09. The van der Waals surface area contributed by atoms with Crippen molar-refractivity contribution < 1.29 is 0 Å². The van der Waals surface area contributed by atoms with Crippen molar-refractivity contribution in [3.8, 4) is 0 Å². The Morgan fingerprint density at radius 2 is 1.77 bits per heavy atom. The Balaban J connectivity index is 1.99. The maximum absolute atomic E-state index is 5.87. The highest BCUT2D eigenvalue weighted by molar-refractivity contribution is 7.80. The van der Waals surface area contributed by atoms with Crippen LogP contribution in [-0.2, 0) is 0 Å². The zero-order valence-electron chi connectivity index (χ0n) is 12.8. The largest absolute Gasteiger partial charge is 0.331 e. The number of nitrogens with zero attached hydrogens (tertiary/aromatic N) is 1. The van der Waals surface area contributed by atoms with Crippen LogP contribution in [0.1, 0.15) is 23.6 Å². The number of anilines is 1. The first-order chi connectivity index (χ1) is 10.5. The molecule has 0 saturated carbocycles. The molecule has 0 atom stereocenters. The third kappa shape index (κ3) is 4.55. The van der Waals surface area contributed by atoms with Crippen LogP contribution >= 0.6 is 23.8 Å². The Hall–Kier alpha value is -1.91. The lowest BCUT2D eigenvalue weighted by atomic mass is 10.1. The molecule has 2 N–H and O–H groups in total. The summed E-state index contributed by atoms with van der Waals surface area (Å²) in [5.41, 5.74) is 8.02. The molecule has 0 aliphatic rings. The number of benzene rings is 2. The molecule has 0 saturated heterocycles. The minimum Gasteiger partial charge on any atom is -0.331 e. The number of nitrogens with one attached hydrogen (secondary N) is 2. The fourth-order valence-corrected chi connectivity index (χ4v) is 2.28. The molecule has 114 valence electrons. The minimum atomic E-state index is 0.459. The van der Waals surface area contributed by atoms with E-state index in [1.165, 1.54) is 5.56 Å². The molecule has 0 amide bonds. The number of hydrogen-bond donors (Lipinski definition) is 2. The van der Waals surface area contributed by atoms with Crippen molar-refractivity contribution in [3.63, 3.8) is 0 Å². The van der Waals surface area contributed by atoms with Crippen molar-refractivity contribution in [2.24, 2.45) is 5.10 Å². The molecule has 2 rings (SSSR count). The molecule has 0 spiro atoms. The van der Waals surface area contributed by atoms with Crippen LogP contribution in [-0.4, -0.2) is 10.8 Å². The minimum absolute atomic E-state index is 0.459. The summed E-state index contributed by atoms with van der Waals surface area (Å²) < 4.78 is 0. The van der Waals surface area contributed by atoms with Crippen LogP contribution in [0.2, 0.25) is 5.02 Å². The van der Waals surface area contributed by atoms with Gasteiger partial charge in [0.05, 0.1) is 5.71 Å². The molecule has 5 heteroatoms. The average molecular weight is 332 g/mol. The summed E-state index contributed by atoms with van der Waals surface area (Å²) in [7, 11) is 0. The van der Waals surface area contributed by atoms with E-state index in [9.17, 15) is 0 Å². The van der Waals surface area contributed by atoms with Crippen LogP contribution < -0.4 is 10.7 Å². The summed E-state index contributed by atoms with van der Waals surface area (Å²) in [5.74, 6) is 0. The van der Waals surface area contributed by atoms with Crippen LogP contribution in [0.5, 0.6) is 0 Å². The van der Waals surface area contributed by atoms with Gasteiger partial charge in [-0.05, 0) is 62.3 Å². The van der Waals surface area contributed by atoms with E-state index in [0.29, 0.717) is 10.1 Å². The molecule has 2 aromatic carbocycles. The van der Waals surface area contributed by atoms with E-state index in [4.69, 9.17) is 23.8 Å². The predicted molar refractivity (Wildman–Crippen MR) is 98.9 cm³/mol. The van der Waals surface area contributed by atoms with Crippen molar-refractivity contribution in [1.29, 1.82) is 0 Å². The highest BCUT2D eigenvalue weighted by Crippen LogP contribution is 2.15. The molecular weight excluding hydrogens is 314 g/mol. The SMILES string of the molecule is C/C(=N\NC(=S)Nc1ccc(C)cc1C)c1ccc(Cl)cc1. The van der Waals surface area contributed by atoms with Crippen molar-refractivity contribution in [2.75, 3.05) is 5.32 Å². The normalized spacial score (nSPS) is 11.2. The fourth-order valence-electron chi connectivity index (χ4n) is 1.99. The summed E-state index contributed by atoms with van der Waals surface area (Å²) in [5, 5.41) is 8.60. The van der Waals surface area contributed by atoms with Crippen LogP contribution in [0, 0.1) is 13.8 Å². The number of hydrogen-bond acceptors (Lipinski definition) is 2. The second kappa shape index (κ2) is 7.38. The molecule has 0 unspecified atom stereocenters. The van der Waals surface area contributed by atoms with E-state index in [0.717, 1.165) is 22.5 Å². The van der Waals surface area contributed by atoms with Crippen LogP contribution in [0.15, 0.2) is 47.6 Å². The van der Waals surface area contributed by atoms with Gasteiger partial charge in [0.1, 0.15) is 0 Å². The topological polar surface area (TPSA) is 36.4 Å². The molecule has 0 aliphatic heterocycles. The maximum Gasteiger partial charge on any atom is 0.191 e. The Morgan fingerprint density at radius 3 is 2.41 bits per heavy atom. The molecule has 0 aliphatic carbocycles. The Morgan fingerprint density at radius 1 is 1.09 bits per heavy atom. The smallest absolute Gasteiger partial charge is 0.191 e. The second-order valence-corrected chi connectivity index (χ2v) is 5.93. The van der Waals surface area contributed by atoms with Gasteiger partial charge >= 0.3 is 0 Å². The molecule has 0 heterocycles. The van der Waals surface area contributed by atoms with Gasteiger partial charge in [0.25, 0.3) is 0 Å². The van der Waals surface area contributed by atoms with Gasteiger partial charge in [-0.2, -0.15) is 5.10 Å². The predicted octanol–water partition coefficient (Wildman–Crippen LogP) is 4.67. The molecular formula is C17H18ClN3S. The van der Waals surface area contributed by atoms with Crippen LogP contribution in [0.25, 0.3) is 0 Å². The first kappa shape index (κ1) is 16.5. The van der Waals surface area contributed by atoms with E-state index < -0.39 is 0 Å². The Bertz CT molecular complexity index is 708. The summed E-state index contributed by atoms with van der Waals surface area (Å²) in [4.78, 5) is 0. The number of thiocarbonyl (C=S) groups is 1. The van der Waals surface area contributed by atoms with E-state index in [1.54, 1.807) is 0 Å². The van der Waals surface area contributed by atoms with Crippen LogP contribution in [0.4, 0.5) is 5.69 Å². The van der Waals surface area contributed by atoms with E-state index in [1.807, 2.05) is 50.2 Å². The van der Waals surface area contributed by atoms with Crippen LogP contribution in [0.3, 0.4) is 0 Å². The van der Waals surface area contributed by atoms with Gasteiger partial charge in [0, 0.05) is 10.7 Å². The lowest BCUT2D eigenvalue weighted by Crippen LogP contribution is -2.25. The van der Waals surface area contributed by atoms with Gasteiger partial charge in [-0.1, -0.05) is 41.4 Å². The van der Waals surface area contributed by atoms with Gasteiger partial charge in [-0.15, -0.1) is 0 Å². The lowest BCUT2D eigenvalue weighted by Gasteiger charge is -2.11. The van der Waals surface area contributed by atoms with E-state index in [-0.39, 0.29) is 0 Å². The first-order valence-electron chi connectivity index (χ1n) is 6.90. The number of hydrazone groups is 1. The molecule has 0 aromatic heterocycles. The van der Waals surface area contributed by atoms with Gasteiger partial charge < -0.3 is 5.32 Å². The molecule has 0 fully saturated rings. The summed E-state index contributed by atoms with van der Waals surface area (Å²) in [6.45, 7) is 6.02. The average Bonchev–Trinajstić information content (AvgIpc) is 2.48.